The summed E-state index contributed by atoms with van der Waals surface area (Å²) in [6, 6.07) is 2.75. The molecule has 0 saturated heterocycles. The van der Waals surface area contributed by atoms with Crippen LogP contribution in [-0.4, -0.2) is 58.5 Å². The van der Waals surface area contributed by atoms with Gasteiger partial charge in [-0.3, -0.25) is 9.69 Å². The number of halogens is 9. The summed E-state index contributed by atoms with van der Waals surface area (Å²) in [4.78, 5) is 39.3. The number of pyridine rings is 1. The van der Waals surface area contributed by atoms with E-state index in [4.69, 9.17) is 15.6 Å². The van der Waals surface area contributed by atoms with E-state index in [0.717, 1.165) is 11.0 Å². The van der Waals surface area contributed by atoms with Gasteiger partial charge < -0.3 is 20.5 Å². The minimum atomic E-state index is -5.11. The summed E-state index contributed by atoms with van der Waals surface area (Å²) in [6.45, 7) is 1.46. The van der Waals surface area contributed by atoms with E-state index in [-0.39, 0.29) is 60.5 Å². The zero-order valence-corrected chi connectivity index (χ0v) is 28.1. The fourth-order valence-electron chi connectivity index (χ4n) is 5.84. The third-order valence-electron chi connectivity index (χ3n) is 8.50. The highest BCUT2D eigenvalue weighted by Gasteiger charge is 2.48. The van der Waals surface area contributed by atoms with Crippen LogP contribution < -0.4 is 15.5 Å². The van der Waals surface area contributed by atoms with Crippen molar-refractivity contribution in [1.82, 2.24) is 15.0 Å². The number of aliphatic carboxylic acids is 1. The van der Waals surface area contributed by atoms with Crippen molar-refractivity contribution in [2.45, 2.75) is 82.0 Å². The van der Waals surface area contributed by atoms with Crippen molar-refractivity contribution in [3.63, 3.8) is 0 Å². The first-order valence-electron chi connectivity index (χ1n) is 15.9. The van der Waals surface area contributed by atoms with Crippen LogP contribution in [0.1, 0.15) is 91.0 Å². The number of amides is 1. The van der Waals surface area contributed by atoms with E-state index in [9.17, 15) is 49.1 Å². The average Bonchev–Trinajstić information content (AvgIpc) is 3.04. The summed E-state index contributed by atoms with van der Waals surface area (Å²) < 4.78 is 129. The molecule has 284 valence electrons. The van der Waals surface area contributed by atoms with Crippen LogP contribution in [0.15, 0.2) is 36.5 Å². The molecule has 1 aliphatic heterocycles. The molecule has 4 rings (SSSR count). The van der Waals surface area contributed by atoms with Gasteiger partial charge in [0, 0.05) is 26.9 Å². The van der Waals surface area contributed by atoms with Crippen molar-refractivity contribution in [3.8, 4) is 0 Å². The van der Waals surface area contributed by atoms with Gasteiger partial charge in [0.25, 0.3) is 0 Å². The van der Waals surface area contributed by atoms with Gasteiger partial charge in [-0.2, -0.15) is 39.5 Å². The lowest BCUT2D eigenvalue weighted by atomic mass is 9.83. The van der Waals surface area contributed by atoms with Crippen molar-refractivity contribution in [3.05, 3.63) is 76.1 Å². The fourth-order valence-corrected chi connectivity index (χ4v) is 5.84. The Bertz CT molecular complexity index is 1750. The predicted octanol–water partition coefficient (Wildman–Crippen LogP) is 7.77. The maximum Gasteiger partial charge on any atom is 0.433 e. The molecule has 2 atom stereocenters. The zero-order valence-electron chi connectivity index (χ0n) is 28.1. The van der Waals surface area contributed by atoms with Crippen molar-refractivity contribution >= 4 is 23.4 Å². The van der Waals surface area contributed by atoms with Crippen LogP contribution in [0.4, 0.5) is 55.7 Å². The first kappa shape index (κ1) is 40.1. The molecule has 3 N–H and O–H groups in total. The Kier molecular flexibility index (Phi) is 11.7. The highest BCUT2D eigenvalue weighted by molar-refractivity contribution is 5.91. The number of ether oxygens (including phenoxy) is 1. The number of nitrogens with zero attached hydrogens (tertiary/aromatic N) is 5. The lowest BCUT2D eigenvalue weighted by Crippen LogP contribution is -2.62. The number of benzene rings is 1. The largest absolute Gasteiger partial charge is 0.481 e. The van der Waals surface area contributed by atoms with Crippen molar-refractivity contribution in [2.75, 3.05) is 30.5 Å². The van der Waals surface area contributed by atoms with Crippen molar-refractivity contribution in [1.29, 1.82) is 0 Å². The predicted molar refractivity (Wildman–Crippen MR) is 168 cm³/mol. The Balaban J connectivity index is 1.81. The van der Waals surface area contributed by atoms with Gasteiger partial charge in [0.05, 0.1) is 52.6 Å². The van der Waals surface area contributed by atoms with Crippen LogP contribution in [-0.2, 0) is 34.5 Å². The van der Waals surface area contributed by atoms with E-state index in [2.05, 4.69) is 15.0 Å². The third kappa shape index (κ3) is 9.21. The number of alkyl halides is 9. The van der Waals surface area contributed by atoms with E-state index >= 15 is 0 Å². The quantitative estimate of drug-likeness (QED) is 0.149. The number of carbonyl (C=O) groups is 2. The van der Waals surface area contributed by atoms with Crippen LogP contribution in [0.2, 0.25) is 0 Å². The molecule has 0 bridgehead atoms. The monoisotopic (exact) mass is 750 g/mol. The molecule has 3 heterocycles. The molecule has 0 aliphatic carbocycles. The number of carbonyl (C=O) groups excluding carboxylic acids is 1. The van der Waals surface area contributed by atoms with Gasteiger partial charge in [-0.25, -0.2) is 19.7 Å². The SMILES string of the molecule is CC[C@]1(N)C[C@H](c2ncc(N(C)C)c(Cc3cc(C(F)(F)F)cc(C(F)(F)F)c3)n2)c2nc(C(F)(F)F)ccc2N1C(=O)OCCCCCC(=O)O. The van der Waals surface area contributed by atoms with Gasteiger partial charge >= 0.3 is 30.6 Å². The van der Waals surface area contributed by atoms with Crippen LogP contribution >= 0.6 is 0 Å². The topological polar surface area (TPSA) is 135 Å². The summed E-state index contributed by atoms with van der Waals surface area (Å²) in [7, 11) is 3.06. The van der Waals surface area contributed by atoms with E-state index in [1.54, 1.807) is 6.92 Å². The molecule has 1 aromatic carbocycles. The zero-order chi connectivity index (χ0) is 38.8. The number of carboxylic acid groups (broad SMARTS) is 1. The second-order valence-corrected chi connectivity index (χ2v) is 12.5. The summed E-state index contributed by atoms with van der Waals surface area (Å²) in [5.41, 5.74) is 0.0259. The molecule has 3 aromatic rings. The smallest absolute Gasteiger partial charge is 0.433 e. The second kappa shape index (κ2) is 15.1. The van der Waals surface area contributed by atoms with E-state index in [1.165, 1.54) is 25.2 Å². The average molecular weight is 751 g/mol. The number of nitrogens with two attached hydrogens (primary N) is 1. The van der Waals surface area contributed by atoms with E-state index in [0.29, 0.717) is 37.5 Å². The number of anilines is 2. The molecule has 0 fully saturated rings. The number of rotatable bonds is 11. The molecule has 0 saturated carbocycles. The number of unbranched alkanes of at least 4 members (excludes halogenated alkanes) is 2. The van der Waals surface area contributed by atoms with Crippen molar-refractivity contribution < 1.29 is 58.9 Å². The highest BCUT2D eigenvalue weighted by Crippen LogP contribution is 2.46. The Morgan fingerprint density at radius 2 is 1.60 bits per heavy atom. The molecule has 10 nitrogen and oxygen atoms in total. The van der Waals surface area contributed by atoms with Crippen LogP contribution in [0, 0.1) is 0 Å². The third-order valence-corrected chi connectivity index (χ3v) is 8.50. The number of fused-ring (bicyclic) bond motifs is 1. The second-order valence-electron chi connectivity index (χ2n) is 12.5. The van der Waals surface area contributed by atoms with Crippen LogP contribution in [0.25, 0.3) is 0 Å². The minimum absolute atomic E-state index is 0.00750. The molecule has 0 radical (unpaired) electrons. The summed E-state index contributed by atoms with van der Waals surface area (Å²) in [6.07, 6.45) is -14.8. The minimum Gasteiger partial charge on any atom is -0.481 e. The highest BCUT2D eigenvalue weighted by atomic mass is 19.4. The molecular weight excluding hydrogens is 715 g/mol. The lowest BCUT2D eigenvalue weighted by molar-refractivity contribution is -0.143. The number of carboxylic acids is 1. The maximum atomic E-state index is 13.9. The Morgan fingerprint density at radius 3 is 2.13 bits per heavy atom. The molecule has 19 heteroatoms. The van der Waals surface area contributed by atoms with Gasteiger partial charge in [-0.05, 0) is 68.0 Å². The number of hydrogen-bond acceptors (Lipinski definition) is 8. The normalized spacial score (nSPS) is 17.9. The molecule has 1 aliphatic rings. The van der Waals surface area contributed by atoms with Crippen LogP contribution in [0.3, 0.4) is 0 Å². The lowest BCUT2D eigenvalue weighted by Gasteiger charge is -2.46. The molecule has 0 spiro atoms. The molecule has 52 heavy (non-hydrogen) atoms. The number of hydrogen-bond donors (Lipinski definition) is 2. The molecule has 1 amide bonds. The van der Waals surface area contributed by atoms with Gasteiger partial charge in [0.15, 0.2) is 0 Å². The molecule has 2 aromatic heterocycles. The first-order valence-corrected chi connectivity index (χ1v) is 15.9. The Labute approximate surface area is 291 Å². The fraction of sp³-hybridized carbons (Fsp3) is 0.485. The van der Waals surface area contributed by atoms with Gasteiger partial charge in [0.1, 0.15) is 17.2 Å². The molecular formula is C33H35F9N6O4. The number of aromatic nitrogens is 3. The standard InChI is InChI=1S/C33H35F9N6O4/c1-4-30(43)16-21(27-23(9-10-25(46-27)33(40,41)42)48(30)29(51)52-11-7-5-6-8-26(49)50)28-44-17-24(47(2)3)22(45-28)14-18-12-19(31(34,35)36)15-20(13-18)32(37,38)39/h9-10,12-13,15,17,21H,4-8,11,14,16,43H2,1-3H3,(H,49,50)/t21-,30+/m0/s1. The Hall–Kier alpha value is -4.68. The van der Waals surface area contributed by atoms with Gasteiger partial charge in [-0.15, -0.1) is 0 Å². The summed E-state index contributed by atoms with van der Waals surface area (Å²) in [5.74, 6) is -2.41. The van der Waals surface area contributed by atoms with Gasteiger partial charge in [-0.1, -0.05) is 6.92 Å². The molecule has 0 unspecified atom stereocenters. The van der Waals surface area contributed by atoms with Crippen molar-refractivity contribution in [2.24, 2.45) is 5.73 Å². The maximum absolute atomic E-state index is 13.9. The first-order chi connectivity index (χ1) is 24.0. The van der Waals surface area contributed by atoms with Gasteiger partial charge in [0.2, 0.25) is 0 Å². The summed E-state index contributed by atoms with van der Waals surface area (Å²) >= 11 is 0. The summed E-state index contributed by atoms with van der Waals surface area (Å²) in [5, 5.41) is 8.80. The Morgan fingerprint density at radius 1 is 0.962 bits per heavy atom. The van der Waals surface area contributed by atoms with E-state index in [1.807, 2.05) is 0 Å². The van der Waals surface area contributed by atoms with Crippen LogP contribution in [0.5, 0.6) is 0 Å². The van der Waals surface area contributed by atoms with E-state index < -0.39 is 71.0 Å².